The van der Waals surface area contributed by atoms with Crippen LogP contribution in [0.4, 0.5) is 5.69 Å². The van der Waals surface area contributed by atoms with Gasteiger partial charge in [0.15, 0.2) is 4.73 Å². The van der Waals surface area contributed by atoms with Crippen LogP contribution in [-0.2, 0) is 11.3 Å². The van der Waals surface area contributed by atoms with Gasteiger partial charge in [0, 0.05) is 10.7 Å². The topological polar surface area (TPSA) is 59.8 Å². The number of nitrogens with zero attached hydrogens (tertiary/aromatic N) is 3. The van der Waals surface area contributed by atoms with Gasteiger partial charge < -0.3 is 5.32 Å². The molecule has 2 aromatic rings. The number of halogens is 3. The third-order valence-corrected chi connectivity index (χ3v) is 3.68. The van der Waals surface area contributed by atoms with Crippen molar-refractivity contribution in [2.75, 3.05) is 5.32 Å². The summed E-state index contributed by atoms with van der Waals surface area (Å²) >= 11 is 12.3. The molecule has 1 amide bonds. The minimum Gasteiger partial charge on any atom is -0.324 e. The van der Waals surface area contributed by atoms with E-state index in [4.69, 9.17) is 11.6 Å². The van der Waals surface area contributed by atoms with Gasteiger partial charge in [0.05, 0.1) is 0 Å². The fraction of sp³-hybridized carbons (Fsp3) is 0.182. The van der Waals surface area contributed by atoms with E-state index >= 15 is 0 Å². The highest BCUT2D eigenvalue weighted by atomic mass is 79.9. The molecule has 0 atom stereocenters. The molecule has 0 saturated heterocycles. The Morgan fingerprint density at radius 1 is 1.47 bits per heavy atom. The molecule has 5 nitrogen and oxygen atoms in total. The first-order valence-electron chi connectivity index (χ1n) is 5.27. The molecule has 1 aromatic heterocycles. The van der Waals surface area contributed by atoms with Crippen molar-refractivity contribution in [3.63, 3.8) is 0 Å². The fourth-order valence-electron chi connectivity index (χ4n) is 1.40. The number of hydrogen-bond donors (Lipinski definition) is 1. The Labute approximate surface area is 131 Å². The van der Waals surface area contributed by atoms with Gasteiger partial charge in [0.1, 0.15) is 6.54 Å². The standard InChI is InChI=1S/C11H9Br2ClN4O/c1-6-2-3-7(4-8(6)14)15-9(19)5-18-11(13)16-10(12)17-18/h2-4H,5H2,1H3,(H,15,19). The van der Waals surface area contributed by atoms with Gasteiger partial charge in [-0.3, -0.25) is 4.79 Å². The molecule has 0 spiro atoms. The van der Waals surface area contributed by atoms with E-state index in [2.05, 4.69) is 47.3 Å². The number of rotatable bonds is 3. The van der Waals surface area contributed by atoms with Crippen LogP contribution in [0.2, 0.25) is 5.02 Å². The summed E-state index contributed by atoms with van der Waals surface area (Å²) in [4.78, 5) is 15.8. The van der Waals surface area contributed by atoms with Crippen molar-refractivity contribution >= 4 is 55.1 Å². The van der Waals surface area contributed by atoms with Crippen molar-refractivity contribution < 1.29 is 4.79 Å². The second-order valence-electron chi connectivity index (χ2n) is 3.82. The third-order valence-electron chi connectivity index (χ3n) is 2.35. The first-order valence-corrected chi connectivity index (χ1v) is 7.24. The maximum Gasteiger partial charge on any atom is 0.246 e. The SMILES string of the molecule is Cc1ccc(NC(=O)Cn2nc(Br)nc2Br)cc1Cl. The maximum absolute atomic E-state index is 11.9. The van der Waals surface area contributed by atoms with Crippen molar-refractivity contribution in [3.8, 4) is 0 Å². The second kappa shape index (κ2) is 6.02. The molecule has 1 aromatic carbocycles. The lowest BCUT2D eigenvalue weighted by Crippen LogP contribution is -2.19. The summed E-state index contributed by atoms with van der Waals surface area (Å²) < 4.78 is 2.34. The van der Waals surface area contributed by atoms with Gasteiger partial charge in [0.25, 0.3) is 0 Å². The second-order valence-corrected chi connectivity index (χ2v) is 5.65. The summed E-state index contributed by atoms with van der Waals surface area (Å²) in [6, 6.07) is 5.35. The van der Waals surface area contributed by atoms with E-state index in [0.29, 0.717) is 20.2 Å². The van der Waals surface area contributed by atoms with Gasteiger partial charge in [-0.15, -0.1) is 5.10 Å². The van der Waals surface area contributed by atoms with Gasteiger partial charge in [-0.2, -0.15) is 4.98 Å². The van der Waals surface area contributed by atoms with E-state index in [-0.39, 0.29) is 12.5 Å². The van der Waals surface area contributed by atoms with Crippen LogP contribution in [0.15, 0.2) is 27.7 Å². The average Bonchev–Trinajstić information content (AvgIpc) is 2.62. The maximum atomic E-state index is 11.9. The number of carbonyl (C=O) groups is 1. The first kappa shape index (κ1) is 14.5. The number of aromatic nitrogens is 3. The van der Waals surface area contributed by atoms with Crippen LogP contribution < -0.4 is 5.32 Å². The quantitative estimate of drug-likeness (QED) is 0.847. The molecule has 0 saturated carbocycles. The van der Waals surface area contributed by atoms with Gasteiger partial charge in [-0.1, -0.05) is 17.7 Å². The molecule has 0 aliphatic rings. The van der Waals surface area contributed by atoms with Crippen LogP contribution in [0.5, 0.6) is 0 Å². The number of carbonyl (C=O) groups excluding carboxylic acids is 1. The molecule has 2 rings (SSSR count). The van der Waals surface area contributed by atoms with Crippen LogP contribution in [0, 0.1) is 6.92 Å². The van der Waals surface area contributed by atoms with Gasteiger partial charge in [-0.25, -0.2) is 4.68 Å². The van der Waals surface area contributed by atoms with E-state index in [1.165, 1.54) is 4.68 Å². The van der Waals surface area contributed by atoms with E-state index < -0.39 is 0 Å². The average molecular weight is 408 g/mol. The number of hydrogen-bond acceptors (Lipinski definition) is 3. The van der Waals surface area contributed by atoms with Crippen molar-refractivity contribution in [2.24, 2.45) is 0 Å². The van der Waals surface area contributed by atoms with Crippen LogP contribution >= 0.6 is 43.5 Å². The monoisotopic (exact) mass is 406 g/mol. The molecule has 0 unspecified atom stereocenters. The molecule has 0 aliphatic carbocycles. The Kier molecular flexibility index (Phi) is 4.59. The zero-order valence-electron chi connectivity index (χ0n) is 9.82. The van der Waals surface area contributed by atoms with Crippen molar-refractivity contribution in [3.05, 3.63) is 38.3 Å². The highest BCUT2D eigenvalue weighted by molar-refractivity contribution is 9.11. The summed E-state index contributed by atoms with van der Waals surface area (Å²) in [6.45, 7) is 1.96. The predicted molar refractivity (Wildman–Crippen MR) is 80.2 cm³/mol. The number of anilines is 1. The minimum absolute atomic E-state index is 0.0602. The highest BCUT2D eigenvalue weighted by Crippen LogP contribution is 2.20. The van der Waals surface area contributed by atoms with Crippen LogP contribution in [0.3, 0.4) is 0 Å². The molecule has 100 valence electrons. The van der Waals surface area contributed by atoms with Crippen LogP contribution in [0.25, 0.3) is 0 Å². The zero-order chi connectivity index (χ0) is 14.0. The first-order chi connectivity index (χ1) is 8.95. The Hall–Kier alpha value is -0.920. The van der Waals surface area contributed by atoms with E-state index in [1.54, 1.807) is 12.1 Å². The Morgan fingerprint density at radius 2 is 2.21 bits per heavy atom. The normalized spacial score (nSPS) is 10.5. The molecular formula is C11H9Br2ClN4O. The van der Waals surface area contributed by atoms with Gasteiger partial charge in [0.2, 0.25) is 10.6 Å². The molecule has 0 bridgehead atoms. The Bertz CT molecular complexity index is 629. The van der Waals surface area contributed by atoms with Crippen molar-refractivity contribution in [1.29, 1.82) is 0 Å². The fourth-order valence-corrected chi connectivity index (χ4v) is 2.56. The predicted octanol–water partition coefficient (Wildman–Crippen LogP) is 3.40. The minimum atomic E-state index is -0.210. The summed E-state index contributed by atoms with van der Waals surface area (Å²) in [6.07, 6.45) is 0. The number of aryl methyl sites for hydroxylation is 1. The lowest BCUT2D eigenvalue weighted by molar-refractivity contribution is -0.116. The van der Waals surface area contributed by atoms with E-state index in [9.17, 15) is 4.79 Å². The summed E-state index contributed by atoms with van der Waals surface area (Å²) in [5.74, 6) is -0.210. The van der Waals surface area contributed by atoms with Crippen LogP contribution in [0.1, 0.15) is 5.56 Å². The lowest BCUT2D eigenvalue weighted by atomic mass is 10.2. The number of benzene rings is 1. The summed E-state index contributed by atoms with van der Waals surface area (Å²) in [5.41, 5.74) is 1.61. The largest absolute Gasteiger partial charge is 0.324 e. The molecule has 19 heavy (non-hydrogen) atoms. The summed E-state index contributed by atoms with van der Waals surface area (Å²) in [7, 11) is 0. The number of nitrogens with one attached hydrogen (secondary N) is 1. The highest BCUT2D eigenvalue weighted by Gasteiger charge is 2.10. The molecule has 0 aliphatic heterocycles. The lowest BCUT2D eigenvalue weighted by Gasteiger charge is -2.07. The Balaban J connectivity index is 2.05. The molecule has 1 N–H and O–H groups in total. The van der Waals surface area contributed by atoms with Crippen molar-refractivity contribution in [1.82, 2.24) is 14.8 Å². The molecule has 8 heteroatoms. The zero-order valence-corrected chi connectivity index (χ0v) is 13.8. The molecule has 1 heterocycles. The summed E-state index contributed by atoms with van der Waals surface area (Å²) in [5, 5.41) is 7.37. The molecular weight excluding hydrogens is 399 g/mol. The van der Waals surface area contributed by atoms with Gasteiger partial charge >= 0.3 is 0 Å². The third kappa shape index (κ3) is 3.77. The smallest absolute Gasteiger partial charge is 0.246 e. The number of amides is 1. The van der Waals surface area contributed by atoms with Crippen LogP contribution in [-0.4, -0.2) is 20.7 Å². The van der Waals surface area contributed by atoms with E-state index in [0.717, 1.165) is 5.56 Å². The van der Waals surface area contributed by atoms with Crippen molar-refractivity contribution in [2.45, 2.75) is 13.5 Å². The molecule has 0 fully saturated rings. The van der Waals surface area contributed by atoms with E-state index in [1.807, 2.05) is 13.0 Å². The van der Waals surface area contributed by atoms with Gasteiger partial charge in [-0.05, 0) is 56.5 Å². The molecule has 0 radical (unpaired) electrons. The Morgan fingerprint density at radius 3 is 2.79 bits per heavy atom.